The van der Waals surface area contributed by atoms with Crippen LogP contribution in [-0.2, 0) is 9.59 Å². The van der Waals surface area contributed by atoms with Crippen molar-refractivity contribution in [2.24, 2.45) is 5.41 Å². The van der Waals surface area contributed by atoms with Gasteiger partial charge in [0.2, 0.25) is 11.8 Å². The SMILES string of the molecule is CC(=O)N1CCC2(CC(=O)N(c3ccc(OCCCCCN4CCCC4C)cc3)C2)C1. The van der Waals surface area contributed by atoms with Crippen LogP contribution in [0.3, 0.4) is 0 Å². The Morgan fingerprint density at radius 2 is 1.94 bits per heavy atom. The van der Waals surface area contributed by atoms with E-state index in [9.17, 15) is 9.59 Å². The van der Waals surface area contributed by atoms with E-state index in [2.05, 4.69) is 11.8 Å². The molecular formula is C25H37N3O3. The van der Waals surface area contributed by atoms with E-state index in [0.29, 0.717) is 19.5 Å². The maximum absolute atomic E-state index is 12.7. The van der Waals surface area contributed by atoms with Gasteiger partial charge in [0.15, 0.2) is 0 Å². The van der Waals surface area contributed by atoms with E-state index < -0.39 is 0 Å². The third kappa shape index (κ3) is 5.22. The van der Waals surface area contributed by atoms with Gasteiger partial charge >= 0.3 is 0 Å². The van der Waals surface area contributed by atoms with E-state index in [1.807, 2.05) is 34.1 Å². The van der Waals surface area contributed by atoms with Gasteiger partial charge in [0, 0.05) is 50.1 Å². The first kappa shape index (κ1) is 22.1. The lowest BCUT2D eigenvalue weighted by atomic mass is 9.86. The lowest BCUT2D eigenvalue weighted by molar-refractivity contribution is -0.128. The van der Waals surface area contributed by atoms with Gasteiger partial charge in [0.25, 0.3) is 0 Å². The van der Waals surface area contributed by atoms with Gasteiger partial charge in [-0.05, 0) is 82.8 Å². The van der Waals surface area contributed by atoms with Crippen LogP contribution in [0.15, 0.2) is 24.3 Å². The second kappa shape index (κ2) is 9.60. The molecule has 170 valence electrons. The molecule has 0 bridgehead atoms. The molecule has 0 aliphatic carbocycles. The zero-order valence-electron chi connectivity index (χ0n) is 19.1. The van der Waals surface area contributed by atoms with Crippen LogP contribution >= 0.6 is 0 Å². The predicted octanol–water partition coefficient (Wildman–Crippen LogP) is 3.70. The van der Waals surface area contributed by atoms with Gasteiger partial charge in [0.05, 0.1) is 6.61 Å². The van der Waals surface area contributed by atoms with Gasteiger partial charge < -0.3 is 19.4 Å². The quantitative estimate of drug-likeness (QED) is 0.594. The molecule has 3 saturated heterocycles. The van der Waals surface area contributed by atoms with Gasteiger partial charge in [-0.2, -0.15) is 0 Å². The van der Waals surface area contributed by atoms with Gasteiger partial charge in [0.1, 0.15) is 5.75 Å². The number of carbonyl (C=O) groups is 2. The van der Waals surface area contributed by atoms with Gasteiger partial charge in [-0.3, -0.25) is 9.59 Å². The van der Waals surface area contributed by atoms with E-state index in [1.54, 1.807) is 6.92 Å². The summed E-state index contributed by atoms with van der Waals surface area (Å²) < 4.78 is 5.92. The first-order valence-electron chi connectivity index (χ1n) is 12.0. The maximum Gasteiger partial charge on any atom is 0.227 e. The molecule has 0 radical (unpaired) electrons. The summed E-state index contributed by atoms with van der Waals surface area (Å²) in [6, 6.07) is 8.66. The molecule has 6 nitrogen and oxygen atoms in total. The molecule has 2 atom stereocenters. The summed E-state index contributed by atoms with van der Waals surface area (Å²) in [5.41, 5.74) is 0.848. The molecule has 3 heterocycles. The third-order valence-corrected chi connectivity index (χ3v) is 7.40. The highest BCUT2D eigenvalue weighted by atomic mass is 16.5. The van der Waals surface area contributed by atoms with E-state index >= 15 is 0 Å². The molecule has 1 spiro atoms. The first-order chi connectivity index (χ1) is 15.0. The second-order valence-corrected chi connectivity index (χ2v) is 9.78. The van der Waals surface area contributed by atoms with Gasteiger partial charge in [-0.25, -0.2) is 0 Å². The topological polar surface area (TPSA) is 53.1 Å². The van der Waals surface area contributed by atoms with Crippen molar-refractivity contribution in [2.75, 3.05) is 44.2 Å². The van der Waals surface area contributed by atoms with Crippen LogP contribution in [0.1, 0.15) is 58.8 Å². The zero-order chi connectivity index (χ0) is 21.8. The minimum atomic E-state index is -0.0786. The highest BCUT2D eigenvalue weighted by Crippen LogP contribution is 2.42. The number of benzene rings is 1. The monoisotopic (exact) mass is 427 g/mol. The average molecular weight is 428 g/mol. The molecule has 1 aromatic rings. The summed E-state index contributed by atoms with van der Waals surface area (Å²) in [5, 5.41) is 0. The van der Waals surface area contributed by atoms with Crippen molar-refractivity contribution >= 4 is 17.5 Å². The summed E-state index contributed by atoms with van der Waals surface area (Å²) in [6.45, 7) is 9.32. The molecule has 3 aliphatic heterocycles. The van der Waals surface area contributed by atoms with E-state index in [1.165, 1.54) is 38.8 Å². The van der Waals surface area contributed by atoms with Crippen molar-refractivity contribution in [3.63, 3.8) is 0 Å². The fourth-order valence-corrected chi connectivity index (χ4v) is 5.44. The number of amides is 2. The zero-order valence-corrected chi connectivity index (χ0v) is 19.1. The fourth-order valence-electron chi connectivity index (χ4n) is 5.44. The van der Waals surface area contributed by atoms with Crippen molar-refractivity contribution in [3.8, 4) is 5.75 Å². The Kier molecular flexibility index (Phi) is 6.85. The Labute approximate surface area is 186 Å². The van der Waals surface area contributed by atoms with Crippen LogP contribution in [0, 0.1) is 5.41 Å². The first-order valence-corrected chi connectivity index (χ1v) is 12.0. The van der Waals surface area contributed by atoms with Crippen molar-refractivity contribution in [1.82, 2.24) is 9.80 Å². The van der Waals surface area contributed by atoms with Crippen LogP contribution in [0.5, 0.6) is 5.75 Å². The standard InChI is InChI=1S/C25H37N3O3/c1-20-7-6-14-26(20)13-4-3-5-16-31-23-10-8-22(9-11-23)28-19-25(17-24(28)30)12-15-27(18-25)21(2)29/h8-11,20H,3-7,12-19H2,1-2H3. The number of unbranched alkanes of at least 4 members (excludes halogenated alkanes) is 2. The molecule has 0 saturated carbocycles. The molecule has 4 rings (SSSR count). The minimum absolute atomic E-state index is 0.0786. The number of nitrogens with zero attached hydrogens (tertiary/aromatic N) is 3. The van der Waals surface area contributed by atoms with Crippen LogP contribution in [0.25, 0.3) is 0 Å². The number of rotatable bonds is 8. The molecule has 0 aromatic heterocycles. The van der Waals surface area contributed by atoms with Crippen molar-refractivity contribution in [1.29, 1.82) is 0 Å². The number of hydrogen-bond acceptors (Lipinski definition) is 4. The summed E-state index contributed by atoms with van der Waals surface area (Å²) in [4.78, 5) is 30.7. The highest BCUT2D eigenvalue weighted by Gasteiger charge is 2.48. The third-order valence-electron chi connectivity index (χ3n) is 7.40. The summed E-state index contributed by atoms with van der Waals surface area (Å²) in [6.07, 6.45) is 7.65. The number of carbonyl (C=O) groups excluding carboxylic acids is 2. The largest absolute Gasteiger partial charge is 0.494 e. The van der Waals surface area contributed by atoms with Crippen molar-refractivity contribution in [2.45, 2.75) is 64.8 Å². The molecule has 3 aliphatic rings. The predicted molar refractivity (Wildman–Crippen MR) is 122 cm³/mol. The van der Waals surface area contributed by atoms with Gasteiger partial charge in [-0.15, -0.1) is 0 Å². The van der Waals surface area contributed by atoms with E-state index in [4.69, 9.17) is 4.74 Å². The van der Waals surface area contributed by atoms with E-state index in [0.717, 1.165) is 43.5 Å². The van der Waals surface area contributed by atoms with Crippen LogP contribution in [0.2, 0.25) is 0 Å². The minimum Gasteiger partial charge on any atom is -0.494 e. The molecule has 0 N–H and O–H groups in total. The molecule has 3 fully saturated rings. The van der Waals surface area contributed by atoms with E-state index in [-0.39, 0.29) is 17.2 Å². The summed E-state index contributed by atoms with van der Waals surface area (Å²) in [5.74, 6) is 1.13. The molecule has 31 heavy (non-hydrogen) atoms. The van der Waals surface area contributed by atoms with Crippen LogP contribution in [-0.4, -0.2) is 67.0 Å². The fraction of sp³-hybridized carbons (Fsp3) is 0.680. The second-order valence-electron chi connectivity index (χ2n) is 9.78. The molecule has 2 amide bonds. The van der Waals surface area contributed by atoms with Crippen LogP contribution in [0.4, 0.5) is 5.69 Å². The summed E-state index contributed by atoms with van der Waals surface area (Å²) >= 11 is 0. The Morgan fingerprint density at radius 1 is 1.13 bits per heavy atom. The Balaban J connectivity index is 1.20. The Bertz CT molecular complexity index is 781. The molecule has 6 heteroatoms. The Hall–Kier alpha value is -2.08. The van der Waals surface area contributed by atoms with Crippen molar-refractivity contribution in [3.05, 3.63) is 24.3 Å². The maximum atomic E-state index is 12.7. The Morgan fingerprint density at radius 3 is 2.61 bits per heavy atom. The normalized spacial score (nSPS) is 26.4. The highest BCUT2D eigenvalue weighted by molar-refractivity contribution is 5.96. The molecule has 2 unspecified atom stereocenters. The number of hydrogen-bond donors (Lipinski definition) is 0. The van der Waals surface area contributed by atoms with Crippen LogP contribution < -0.4 is 9.64 Å². The average Bonchev–Trinajstić information content (AvgIpc) is 3.44. The lowest BCUT2D eigenvalue weighted by Crippen LogP contribution is -2.33. The van der Waals surface area contributed by atoms with Gasteiger partial charge in [-0.1, -0.05) is 0 Å². The smallest absolute Gasteiger partial charge is 0.227 e. The van der Waals surface area contributed by atoms with Crippen molar-refractivity contribution < 1.29 is 14.3 Å². The lowest BCUT2D eigenvalue weighted by Gasteiger charge is -2.24. The number of likely N-dealkylation sites (tertiary alicyclic amines) is 2. The number of anilines is 1. The molecule has 1 aromatic carbocycles. The number of ether oxygens (including phenoxy) is 1. The molecular weight excluding hydrogens is 390 g/mol. The summed E-state index contributed by atoms with van der Waals surface area (Å²) in [7, 11) is 0.